The fourth-order valence-electron chi connectivity index (χ4n) is 3.32. The van der Waals surface area contributed by atoms with E-state index in [-0.39, 0.29) is 12.0 Å². The highest BCUT2D eigenvalue weighted by Gasteiger charge is 2.34. The average molecular weight is 405 g/mol. The fourth-order valence-corrected chi connectivity index (χ4v) is 3.40. The molecule has 0 saturated carbocycles. The van der Waals surface area contributed by atoms with E-state index in [4.69, 9.17) is 22.0 Å². The van der Waals surface area contributed by atoms with Crippen molar-refractivity contribution < 1.29 is 24.7 Å². The number of hydrogen-bond donors (Lipinski definition) is 5. The summed E-state index contributed by atoms with van der Waals surface area (Å²) in [5.74, 6) is -0.716. The number of amides is 1. The summed E-state index contributed by atoms with van der Waals surface area (Å²) in [6.45, 7) is -0.126. The van der Waals surface area contributed by atoms with Crippen LogP contribution < -0.4 is 16.5 Å². The summed E-state index contributed by atoms with van der Waals surface area (Å²) in [6, 6.07) is 11.9. The van der Waals surface area contributed by atoms with Gasteiger partial charge in [-0.05, 0) is 27.7 Å². The summed E-state index contributed by atoms with van der Waals surface area (Å²) >= 11 is 5.45. The highest BCUT2D eigenvalue weighted by Crippen LogP contribution is 2.28. The monoisotopic (exact) mass is 404 g/mol. The number of carbonyl (C=O) groups is 1. The lowest BCUT2D eigenvalue weighted by molar-refractivity contribution is -0.120. The number of carbonyl (C=O) groups excluding carboxylic acids is 1. The maximum absolute atomic E-state index is 11.4. The van der Waals surface area contributed by atoms with Crippen LogP contribution in [0, 0.1) is 0 Å². The molecule has 3 rings (SSSR count). The number of alkyl halides is 1. The van der Waals surface area contributed by atoms with Crippen molar-refractivity contribution in [3.8, 4) is 11.1 Å². The molecule has 1 heterocycles. The van der Waals surface area contributed by atoms with Gasteiger partial charge in [-0.1, -0.05) is 42.5 Å². The zero-order valence-corrected chi connectivity index (χ0v) is 15.8. The van der Waals surface area contributed by atoms with Gasteiger partial charge in [-0.2, -0.15) is 0 Å². The standard InChI is InChI=1S/C19H22BClN2O5/c21-8-18(25)23-16(10-24)19(26)12-3-1-11(2-4-12)13-5-6-14-15(7-13)20(27)28-17(14)9-22/h1-7,16-17,19,24,26-27H,8-10,22H2,(H,23,25)/t16-,17?,19-/m1/s1. The molecule has 2 aromatic rings. The number of fused-ring (bicyclic) bond motifs is 1. The van der Waals surface area contributed by atoms with Crippen LogP contribution in [-0.4, -0.2) is 53.3 Å². The van der Waals surface area contributed by atoms with E-state index in [0.717, 1.165) is 16.7 Å². The second kappa shape index (κ2) is 9.04. The molecule has 1 unspecified atom stereocenters. The zero-order chi connectivity index (χ0) is 20.3. The van der Waals surface area contributed by atoms with Gasteiger partial charge in [0.05, 0.1) is 18.8 Å². The summed E-state index contributed by atoms with van der Waals surface area (Å²) in [5.41, 5.74) is 9.56. The van der Waals surface area contributed by atoms with Gasteiger partial charge in [0.1, 0.15) is 12.0 Å². The molecule has 9 heteroatoms. The minimum absolute atomic E-state index is 0.249. The van der Waals surface area contributed by atoms with Crippen LogP contribution in [-0.2, 0) is 9.45 Å². The first-order valence-corrected chi connectivity index (χ1v) is 9.44. The largest absolute Gasteiger partial charge is 0.492 e. The van der Waals surface area contributed by atoms with Gasteiger partial charge in [0.15, 0.2) is 0 Å². The molecule has 0 saturated heterocycles. The third kappa shape index (κ3) is 4.22. The smallest absolute Gasteiger partial charge is 0.423 e. The molecule has 0 aliphatic carbocycles. The lowest BCUT2D eigenvalue weighted by Crippen LogP contribution is -2.42. The van der Waals surface area contributed by atoms with Gasteiger partial charge in [-0.3, -0.25) is 4.79 Å². The first-order valence-electron chi connectivity index (χ1n) is 8.90. The van der Waals surface area contributed by atoms with Crippen LogP contribution in [0.2, 0.25) is 0 Å². The molecule has 0 radical (unpaired) electrons. The molecule has 2 aromatic carbocycles. The van der Waals surface area contributed by atoms with E-state index in [1.54, 1.807) is 12.1 Å². The van der Waals surface area contributed by atoms with Crippen molar-refractivity contribution in [2.75, 3.05) is 19.0 Å². The Labute approximate surface area is 168 Å². The van der Waals surface area contributed by atoms with E-state index >= 15 is 0 Å². The van der Waals surface area contributed by atoms with Crippen LogP contribution in [0.3, 0.4) is 0 Å². The van der Waals surface area contributed by atoms with Crippen molar-refractivity contribution in [2.45, 2.75) is 18.2 Å². The number of halogens is 1. The Morgan fingerprint density at radius 3 is 2.54 bits per heavy atom. The van der Waals surface area contributed by atoms with Crippen molar-refractivity contribution in [1.29, 1.82) is 0 Å². The molecule has 1 aliphatic rings. The second-order valence-electron chi connectivity index (χ2n) is 6.61. The van der Waals surface area contributed by atoms with Gasteiger partial charge in [-0.15, -0.1) is 11.6 Å². The van der Waals surface area contributed by atoms with Gasteiger partial charge in [0, 0.05) is 6.54 Å². The highest BCUT2D eigenvalue weighted by atomic mass is 35.5. The number of rotatable bonds is 7. The predicted octanol–water partition coefficient (Wildman–Crippen LogP) is -0.180. The third-order valence-electron chi connectivity index (χ3n) is 4.84. The minimum atomic E-state index is -1.08. The average Bonchev–Trinajstić information content (AvgIpc) is 3.06. The number of aliphatic hydroxyl groups is 2. The van der Waals surface area contributed by atoms with E-state index in [0.29, 0.717) is 17.6 Å². The Morgan fingerprint density at radius 2 is 1.93 bits per heavy atom. The minimum Gasteiger partial charge on any atom is -0.423 e. The Morgan fingerprint density at radius 1 is 1.25 bits per heavy atom. The number of nitrogens with one attached hydrogen (secondary N) is 1. The maximum Gasteiger partial charge on any atom is 0.492 e. The van der Waals surface area contributed by atoms with Crippen LogP contribution in [0.15, 0.2) is 42.5 Å². The first-order chi connectivity index (χ1) is 13.5. The van der Waals surface area contributed by atoms with Gasteiger partial charge < -0.3 is 30.9 Å². The van der Waals surface area contributed by atoms with Gasteiger partial charge in [0.25, 0.3) is 0 Å². The lowest BCUT2D eigenvalue weighted by atomic mass is 9.78. The van der Waals surface area contributed by atoms with Crippen LogP contribution in [0.5, 0.6) is 0 Å². The van der Waals surface area contributed by atoms with Crippen LogP contribution in [0.1, 0.15) is 23.3 Å². The zero-order valence-electron chi connectivity index (χ0n) is 15.1. The molecular formula is C19H22BClN2O5. The molecular weight excluding hydrogens is 382 g/mol. The molecule has 0 fully saturated rings. The Hall–Kier alpha value is -1.94. The number of benzene rings is 2. The summed E-state index contributed by atoms with van der Waals surface area (Å²) in [5, 5.41) is 32.4. The molecule has 0 aromatic heterocycles. The Balaban J connectivity index is 1.79. The van der Waals surface area contributed by atoms with Crippen molar-refractivity contribution in [1.82, 2.24) is 5.32 Å². The summed E-state index contributed by atoms with van der Waals surface area (Å²) in [4.78, 5) is 11.4. The van der Waals surface area contributed by atoms with Crippen molar-refractivity contribution in [3.05, 3.63) is 53.6 Å². The molecule has 148 valence electrons. The van der Waals surface area contributed by atoms with E-state index in [9.17, 15) is 20.0 Å². The van der Waals surface area contributed by atoms with Gasteiger partial charge >= 0.3 is 7.12 Å². The predicted molar refractivity (Wildman–Crippen MR) is 107 cm³/mol. The van der Waals surface area contributed by atoms with E-state index in [1.807, 2.05) is 30.3 Å². The van der Waals surface area contributed by atoms with Crippen molar-refractivity contribution in [2.24, 2.45) is 5.73 Å². The SMILES string of the molecule is NCC1OB(O)c2cc(-c3ccc([C@@H](O)[C@@H](CO)NC(=O)CCl)cc3)ccc21. The molecule has 28 heavy (non-hydrogen) atoms. The quantitative estimate of drug-likeness (QED) is 0.322. The molecule has 0 bridgehead atoms. The number of aliphatic hydroxyl groups excluding tert-OH is 2. The number of hydrogen-bond acceptors (Lipinski definition) is 6. The Bertz CT molecular complexity index is 836. The Kier molecular flexibility index (Phi) is 6.71. The lowest BCUT2D eigenvalue weighted by Gasteiger charge is -2.22. The summed E-state index contributed by atoms with van der Waals surface area (Å²) in [6.07, 6.45) is -1.39. The molecule has 3 atom stereocenters. The van der Waals surface area contributed by atoms with E-state index in [1.165, 1.54) is 0 Å². The molecule has 6 N–H and O–H groups in total. The van der Waals surface area contributed by atoms with Crippen LogP contribution in [0.25, 0.3) is 11.1 Å². The first kappa shape index (κ1) is 20.8. The second-order valence-corrected chi connectivity index (χ2v) is 6.88. The topological polar surface area (TPSA) is 125 Å². The van der Waals surface area contributed by atoms with E-state index < -0.39 is 31.8 Å². The van der Waals surface area contributed by atoms with Gasteiger partial charge in [-0.25, -0.2) is 0 Å². The van der Waals surface area contributed by atoms with Crippen molar-refractivity contribution in [3.63, 3.8) is 0 Å². The highest BCUT2D eigenvalue weighted by molar-refractivity contribution is 6.61. The number of nitrogens with two attached hydrogens (primary N) is 1. The fraction of sp³-hybridized carbons (Fsp3) is 0.316. The molecule has 1 amide bonds. The van der Waals surface area contributed by atoms with E-state index in [2.05, 4.69) is 5.32 Å². The van der Waals surface area contributed by atoms with Gasteiger partial charge in [0.2, 0.25) is 5.91 Å². The van der Waals surface area contributed by atoms with Crippen LogP contribution >= 0.6 is 11.6 Å². The molecule has 1 aliphatic heterocycles. The van der Waals surface area contributed by atoms with Crippen LogP contribution in [0.4, 0.5) is 0 Å². The summed E-state index contributed by atoms with van der Waals surface area (Å²) in [7, 11) is -1.000. The molecule has 0 spiro atoms. The third-order valence-corrected chi connectivity index (χ3v) is 5.08. The maximum atomic E-state index is 11.4. The summed E-state index contributed by atoms with van der Waals surface area (Å²) < 4.78 is 5.43. The molecule has 7 nitrogen and oxygen atoms in total. The normalized spacial score (nSPS) is 17.9. The van der Waals surface area contributed by atoms with Crippen molar-refractivity contribution >= 4 is 30.1 Å².